The van der Waals surface area contributed by atoms with Gasteiger partial charge in [-0.05, 0) is 55.3 Å². The van der Waals surface area contributed by atoms with Gasteiger partial charge in [-0.15, -0.1) is 0 Å². The molecule has 0 spiro atoms. The topological polar surface area (TPSA) is 130 Å². The summed E-state index contributed by atoms with van der Waals surface area (Å²) in [5.41, 5.74) is 0.307. The minimum Gasteiger partial charge on any atom is -0.355 e. The molecule has 10 nitrogen and oxygen atoms in total. The SMILES string of the molecule is CCNC(=O)[C@H](CC)N(Cc1ccc(Cl)cc1Cl)C(=O)CN(c1ccc([N+](=O)[O-])cc1)S(=O)(=O)c1ccccc1. The van der Waals surface area contributed by atoms with E-state index in [0.29, 0.717) is 17.1 Å². The van der Waals surface area contributed by atoms with Crippen LogP contribution in [0.4, 0.5) is 11.4 Å². The van der Waals surface area contributed by atoms with Crippen molar-refractivity contribution in [2.45, 2.75) is 37.8 Å². The minimum atomic E-state index is -4.29. The summed E-state index contributed by atoms with van der Waals surface area (Å²) in [7, 11) is -4.29. The maximum absolute atomic E-state index is 13.9. The number of likely N-dealkylation sites (N-methyl/N-ethyl adjacent to an activating group) is 1. The first-order valence-electron chi connectivity index (χ1n) is 12.3. The Morgan fingerprint density at radius 3 is 2.20 bits per heavy atom. The van der Waals surface area contributed by atoms with Crippen LogP contribution in [-0.4, -0.2) is 49.2 Å². The van der Waals surface area contributed by atoms with Crippen molar-refractivity contribution in [3.8, 4) is 0 Å². The van der Waals surface area contributed by atoms with E-state index in [1.165, 1.54) is 35.2 Å². The Morgan fingerprint density at radius 2 is 1.65 bits per heavy atom. The summed E-state index contributed by atoms with van der Waals surface area (Å²) >= 11 is 12.4. The summed E-state index contributed by atoms with van der Waals surface area (Å²) in [4.78, 5) is 38.7. The molecule has 13 heteroatoms. The largest absolute Gasteiger partial charge is 0.355 e. The number of anilines is 1. The van der Waals surface area contributed by atoms with E-state index in [0.717, 1.165) is 16.4 Å². The first-order valence-corrected chi connectivity index (χ1v) is 14.5. The molecule has 3 rings (SSSR count). The quantitative estimate of drug-likeness (QED) is 0.227. The van der Waals surface area contributed by atoms with Crippen LogP contribution in [0.15, 0.2) is 77.7 Å². The first-order chi connectivity index (χ1) is 19.0. The highest BCUT2D eigenvalue weighted by Crippen LogP contribution is 2.28. The zero-order chi connectivity index (χ0) is 29.4. The zero-order valence-electron chi connectivity index (χ0n) is 21.8. The van der Waals surface area contributed by atoms with Crippen molar-refractivity contribution in [1.29, 1.82) is 0 Å². The number of carbonyl (C=O) groups excluding carboxylic acids is 2. The van der Waals surface area contributed by atoms with Crippen molar-refractivity contribution < 1.29 is 22.9 Å². The summed E-state index contributed by atoms with van der Waals surface area (Å²) < 4.78 is 28.4. The molecule has 0 saturated carbocycles. The fourth-order valence-electron chi connectivity index (χ4n) is 4.03. The standard InChI is InChI=1S/C27H28Cl2N4O6S/c1-3-25(27(35)30-4-2)31(17-19-10-11-20(28)16-24(19)29)26(34)18-32(21-12-14-22(15-13-21)33(36)37)40(38,39)23-8-6-5-7-9-23/h5-16,25H,3-4,17-18H2,1-2H3,(H,30,35)/t25-/m0/s1. The highest BCUT2D eigenvalue weighted by Gasteiger charge is 2.34. The molecule has 0 fully saturated rings. The number of nitro benzene ring substituents is 1. The highest BCUT2D eigenvalue weighted by molar-refractivity contribution is 7.92. The van der Waals surface area contributed by atoms with Crippen molar-refractivity contribution in [3.05, 3.63) is 98.5 Å². The van der Waals surface area contributed by atoms with Gasteiger partial charge in [0.1, 0.15) is 12.6 Å². The van der Waals surface area contributed by atoms with Crippen molar-refractivity contribution >= 4 is 56.4 Å². The minimum absolute atomic E-state index is 0.0401. The average Bonchev–Trinajstić information content (AvgIpc) is 2.93. The third-order valence-corrected chi connectivity index (χ3v) is 8.43. The molecule has 0 radical (unpaired) electrons. The van der Waals surface area contributed by atoms with E-state index in [4.69, 9.17) is 23.2 Å². The van der Waals surface area contributed by atoms with Gasteiger partial charge in [-0.1, -0.05) is 54.4 Å². The molecule has 1 N–H and O–H groups in total. The molecule has 0 aromatic heterocycles. The fraction of sp³-hybridized carbons (Fsp3) is 0.259. The maximum Gasteiger partial charge on any atom is 0.269 e. The number of benzene rings is 3. The van der Waals surface area contributed by atoms with E-state index in [9.17, 15) is 28.1 Å². The van der Waals surface area contributed by atoms with Crippen LogP contribution in [0, 0.1) is 10.1 Å². The number of carbonyl (C=O) groups is 2. The van der Waals surface area contributed by atoms with Crippen molar-refractivity contribution in [2.75, 3.05) is 17.4 Å². The van der Waals surface area contributed by atoms with Crippen LogP contribution < -0.4 is 9.62 Å². The molecule has 2 amide bonds. The van der Waals surface area contributed by atoms with E-state index in [2.05, 4.69) is 5.32 Å². The normalized spacial score (nSPS) is 11.9. The zero-order valence-corrected chi connectivity index (χ0v) is 24.1. The van der Waals surface area contributed by atoms with Gasteiger partial charge < -0.3 is 10.2 Å². The van der Waals surface area contributed by atoms with Gasteiger partial charge >= 0.3 is 0 Å². The van der Waals surface area contributed by atoms with Crippen LogP contribution in [0.5, 0.6) is 0 Å². The Balaban J connectivity index is 2.08. The monoisotopic (exact) mass is 606 g/mol. The second-order valence-corrected chi connectivity index (χ2v) is 11.4. The molecule has 0 aliphatic rings. The van der Waals surface area contributed by atoms with Crippen LogP contribution in [0.3, 0.4) is 0 Å². The average molecular weight is 608 g/mol. The Kier molecular flexibility index (Phi) is 10.5. The van der Waals surface area contributed by atoms with Crippen LogP contribution in [0.2, 0.25) is 10.0 Å². The lowest BCUT2D eigenvalue weighted by Gasteiger charge is -2.33. The van der Waals surface area contributed by atoms with Crippen molar-refractivity contribution in [2.24, 2.45) is 0 Å². The Hall–Kier alpha value is -3.67. The van der Waals surface area contributed by atoms with Crippen molar-refractivity contribution in [3.63, 3.8) is 0 Å². The van der Waals surface area contributed by atoms with Gasteiger partial charge in [0, 0.05) is 35.3 Å². The highest BCUT2D eigenvalue weighted by atomic mass is 35.5. The van der Waals surface area contributed by atoms with Gasteiger partial charge in [-0.3, -0.25) is 24.0 Å². The number of rotatable bonds is 12. The number of nitrogens with zero attached hydrogens (tertiary/aromatic N) is 3. The maximum atomic E-state index is 13.9. The number of nitro groups is 1. The Bertz CT molecular complexity index is 1470. The Labute approximate surface area is 242 Å². The summed E-state index contributed by atoms with van der Waals surface area (Å²) in [6, 6.07) is 16.1. The molecular weight excluding hydrogens is 579 g/mol. The van der Waals surface area contributed by atoms with Crippen molar-refractivity contribution in [1.82, 2.24) is 10.2 Å². The molecule has 0 saturated heterocycles. The lowest BCUT2D eigenvalue weighted by molar-refractivity contribution is -0.384. The van der Waals surface area contributed by atoms with Gasteiger partial charge in [0.25, 0.3) is 15.7 Å². The third kappa shape index (κ3) is 7.29. The number of halogens is 2. The number of hydrogen-bond acceptors (Lipinski definition) is 6. The van der Waals surface area contributed by atoms with Crippen LogP contribution in [0.1, 0.15) is 25.8 Å². The number of sulfonamides is 1. The van der Waals surface area contributed by atoms with Crippen LogP contribution in [-0.2, 0) is 26.2 Å². The second kappa shape index (κ2) is 13.6. The molecule has 0 aliphatic heterocycles. The number of non-ortho nitro benzene ring substituents is 1. The summed E-state index contributed by atoms with van der Waals surface area (Å²) in [6.07, 6.45) is 0.242. The van der Waals surface area contributed by atoms with E-state index < -0.39 is 39.3 Å². The fourth-order valence-corrected chi connectivity index (χ4v) is 5.94. The van der Waals surface area contributed by atoms with Crippen LogP contribution >= 0.6 is 23.2 Å². The smallest absolute Gasteiger partial charge is 0.269 e. The molecule has 212 valence electrons. The summed E-state index contributed by atoms with van der Waals surface area (Å²) in [5.74, 6) is -1.08. The number of hydrogen-bond donors (Lipinski definition) is 1. The van der Waals surface area contributed by atoms with Gasteiger partial charge in [0.15, 0.2) is 0 Å². The molecule has 0 heterocycles. The van der Waals surface area contributed by atoms with Gasteiger partial charge in [-0.2, -0.15) is 0 Å². The predicted octanol–water partition coefficient (Wildman–Crippen LogP) is 5.04. The van der Waals surface area contributed by atoms with E-state index >= 15 is 0 Å². The van der Waals surface area contributed by atoms with E-state index in [1.807, 2.05) is 0 Å². The molecule has 40 heavy (non-hydrogen) atoms. The molecule has 3 aromatic rings. The molecule has 1 atom stereocenters. The number of nitrogens with one attached hydrogen (secondary N) is 1. The lowest BCUT2D eigenvalue weighted by atomic mass is 10.1. The van der Waals surface area contributed by atoms with E-state index in [-0.39, 0.29) is 34.3 Å². The third-order valence-electron chi connectivity index (χ3n) is 6.05. The first kappa shape index (κ1) is 30.9. The molecule has 3 aromatic carbocycles. The van der Waals surface area contributed by atoms with E-state index in [1.54, 1.807) is 44.2 Å². The van der Waals surface area contributed by atoms with Gasteiger partial charge in [0.05, 0.1) is 15.5 Å². The molecule has 0 aliphatic carbocycles. The van der Waals surface area contributed by atoms with Gasteiger partial charge in [-0.25, -0.2) is 8.42 Å². The molecule has 0 bridgehead atoms. The Morgan fingerprint density at radius 1 is 1.00 bits per heavy atom. The van der Waals surface area contributed by atoms with Gasteiger partial charge in [0.2, 0.25) is 11.8 Å². The summed E-state index contributed by atoms with van der Waals surface area (Å²) in [6.45, 7) is 3.03. The second-order valence-electron chi connectivity index (χ2n) is 8.67. The lowest BCUT2D eigenvalue weighted by Crippen LogP contribution is -2.52. The summed E-state index contributed by atoms with van der Waals surface area (Å²) in [5, 5.41) is 14.6. The molecular formula is C27H28Cl2N4O6S. The predicted molar refractivity (Wildman–Crippen MR) is 154 cm³/mol. The molecule has 0 unspecified atom stereocenters. The van der Waals surface area contributed by atoms with Crippen LogP contribution in [0.25, 0.3) is 0 Å². The number of amides is 2.